The van der Waals surface area contributed by atoms with Gasteiger partial charge >= 0.3 is 0 Å². The molecule has 2 aromatic rings. The van der Waals surface area contributed by atoms with Crippen molar-refractivity contribution in [3.8, 4) is 0 Å². The molecule has 144 valence electrons. The van der Waals surface area contributed by atoms with Gasteiger partial charge < -0.3 is 0 Å². The standard InChI is InChI=1S/C25H26O2S/c1-4-28(27)24-15-14-21-16-23(13-12-22(21)17-24)25(26)19(3)9-7-11-20-10-6-5-8-18(20)2/h5-15,17,23H,4,16H2,1-3H3/b11-7-,19-9-. The van der Waals surface area contributed by atoms with Gasteiger partial charge in [0.2, 0.25) is 0 Å². The summed E-state index contributed by atoms with van der Waals surface area (Å²) in [5.41, 5.74) is 5.34. The van der Waals surface area contributed by atoms with Crippen molar-refractivity contribution in [1.29, 1.82) is 0 Å². The molecule has 28 heavy (non-hydrogen) atoms. The highest BCUT2D eigenvalue weighted by molar-refractivity contribution is 7.85. The largest absolute Gasteiger partial charge is 0.294 e. The first kappa shape index (κ1) is 20.2. The maximum Gasteiger partial charge on any atom is 0.165 e. The zero-order valence-electron chi connectivity index (χ0n) is 16.6. The molecule has 0 bridgehead atoms. The number of rotatable bonds is 6. The van der Waals surface area contributed by atoms with Crippen LogP contribution in [0.5, 0.6) is 0 Å². The molecule has 0 saturated heterocycles. The van der Waals surface area contributed by atoms with Gasteiger partial charge in [0, 0.05) is 16.6 Å². The summed E-state index contributed by atoms with van der Waals surface area (Å²) in [6.45, 7) is 5.87. The molecule has 0 fully saturated rings. The van der Waals surface area contributed by atoms with Crippen molar-refractivity contribution in [2.45, 2.75) is 32.1 Å². The van der Waals surface area contributed by atoms with Crippen LogP contribution in [0.3, 0.4) is 0 Å². The van der Waals surface area contributed by atoms with Crippen LogP contribution in [0.25, 0.3) is 12.2 Å². The lowest BCUT2D eigenvalue weighted by Crippen LogP contribution is -2.18. The van der Waals surface area contributed by atoms with Crippen molar-refractivity contribution in [2.75, 3.05) is 5.75 Å². The number of Topliss-reactive ketones (excluding diaryl/α,β-unsaturated/α-hetero) is 1. The van der Waals surface area contributed by atoms with Crippen LogP contribution in [0.15, 0.2) is 71.2 Å². The molecule has 3 heteroatoms. The number of carbonyl (C=O) groups is 1. The van der Waals surface area contributed by atoms with Gasteiger partial charge in [-0.2, -0.15) is 0 Å². The van der Waals surface area contributed by atoms with Gasteiger partial charge in [0.1, 0.15) is 0 Å². The average molecular weight is 391 g/mol. The van der Waals surface area contributed by atoms with Crippen LogP contribution in [0.4, 0.5) is 0 Å². The van der Waals surface area contributed by atoms with Crippen molar-refractivity contribution in [3.63, 3.8) is 0 Å². The van der Waals surface area contributed by atoms with E-state index < -0.39 is 10.8 Å². The third-order valence-corrected chi connectivity index (χ3v) is 6.43. The quantitative estimate of drug-likeness (QED) is 0.479. The first-order valence-corrected chi connectivity index (χ1v) is 11.0. The smallest absolute Gasteiger partial charge is 0.165 e. The van der Waals surface area contributed by atoms with Gasteiger partial charge in [-0.25, -0.2) is 0 Å². The van der Waals surface area contributed by atoms with E-state index in [-0.39, 0.29) is 11.7 Å². The fourth-order valence-corrected chi connectivity index (χ4v) is 4.18. The van der Waals surface area contributed by atoms with Crippen LogP contribution in [-0.4, -0.2) is 15.7 Å². The molecule has 0 heterocycles. The minimum Gasteiger partial charge on any atom is -0.294 e. The SMILES string of the molecule is CCS(=O)c1ccc2c(c1)C=CC(C(=O)/C(C)=C\C=C/c1ccccc1C)C2. The van der Waals surface area contributed by atoms with E-state index in [2.05, 4.69) is 19.1 Å². The zero-order chi connectivity index (χ0) is 20.1. The van der Waals surface area contributed by atoms with Crippen molar-refractivity contribution in [2.24, 2.45) is 5.92 Å². The molecular formula is C25H26O2S. The molecule has 2 nitrogen and oxygen atoms in total. The molecule has 2 unspecified atom stereocenters. The molecular weight excluding hydrogens is 364 g/mol. The van der Waals surface area contributed by atoms with E-state index in [1.165, 1.54) is 5.56 Å². The van der Waals surface area contributed by atoms with Crippen molar-refractivity contribution >= 4 is 28.7 Å². The molecule has 0 saturated carbocycles. The summed E-state index contributed by atoms with van der Waals surface area (Å²) in [5, 5.41) is 0. The van der Waals surface area contributed by atoms with Gasteiger partial charge in [-0.05, 0) is 60.2 Å². The van der Waals surface area contributed by atoms with E-state index in [0.717, 1.165) is 27.2 Å². The molecule has 2 aromatic carbocycles. The fraction of sp³-hybridized carbons (Fsp3) is 0.240. The summed E-state index contributed by atoms with van der Waals surface area (Å²) in [7, 11) is -0.952. The Morgan fingerprint density at radius 3 is 2.75 bits per heavy atom. The van der Waals surface area contributed by atoms with Gasteiger partial charge in [0.05, 0.1) is 10.8 Å². The highest BCUT2D eigenvalue weighted by atomic mass is 32.2. The minimum atomic E-state index is -0.952. The third kappa shape index (κ3) is 4.66. The van der Waals surface area contributed by atoms with Crippen LogP contribution in [0.2, 0.25) is 0 Å². The Bertz CT molecular complexity index is 995. The van der Waals surface area contributed by atoms with Crippen molar-refractivity contribution in [3.05, 3.63) is 88.5 Å². The number of fused-ring (bicyclic) bond motifs is 1. The van der Waals surface area contributed by atoms with Crippen LogP contribution >= 0.6 is 0 Å². The molecule has 0 spiro atoms. The predicted molar refractivity (Wildman–Crippen MR) is 119 cm³/mol. The topological polar surface area (TPSA) is 34.1 Å². The number of hydrogen-bond acceptors (Lipinski definition) is 2. The Morgan fingerprint density at radius 2 is 2.00 bits per heavy atom. The maximum atomic E-state index is 12.8. The molecule has 0 N–H and O–H groups in total. The Labute approximate surface area is 170 Å². The second-order valence-electron chi connectivity index (χ2n) is 7.09. The highest BCUT2D eigenvalue weighted by Gasteiger charge is 2.22. The fourth-order valence-electron chi connectivity index (χ4n) is 3.37. The summed E-state index contributed by atoms with van der Waals surface area (Å²) >= 11 is 0. The second kappa shape index (κ2) is 9.11. The second-order valence-corrected chi connectivity index (χ2v) is 8.83. The molecule has 3 rings (SSSR count). The number of allylic oxidation sites excluding steroid dienone is 4. The normalized spacial score (nSPS) is 17.5. The molecule has 1 aliphatic carbocycles. The molecule has 0 aromatic heterocycles. The van der Waals surface area contributed by atoms with Crippen molar-refractivity contribution < 1.29 is 9.00 Å². The zero-order valence-corrected chi connectivity index (χ0v) is 17.5. The first-order chi connectivity index (χ1) is 13.5. The molecule has 0 amide bonds. The monoisotopic (exact) mass is 390 g/mol. The molecule has 0 aliphatic heterocycles. The summed E-state index contributed by atoms with van der Waals surface area (Å²) in [4.78, 5) is 13.7. The Kier molecular flexibility index (Phi) is 6.58. The maximum absolute atomic E-state index is 12.8. The van der Waals surface area contributed by atoms with Crippen LogP contribution in [0.1, 0.15) is 36.1 Å². The van der Waals surface area contributed by atoms with Crippen LogP contribution < -0.4 is 0 Å². The van der Waals surface area contributed by atoms with Gasteiger partial charge in [-0.3, -0.25) is 9.00 Å². The summed E-state index contributed by atoms with van der Waals surface area (Å²) in [6, 6.07) is 14.1. The van der Waals surface area contributed by atoms with E-state index in [9.17, 15) is 9.00 Å². The highest BCUT2D eigenvalue weighted by Crippen LogP contribution is 2.27. The Hall–Kier alpha value is -2.52. The number of hydrogen-bond donors (Lipinski definition) is 0. The lowest BCUT2D eigenvalue weighted by Gasteiger charge is -2.19. The van der Waals surface area contributed by atoms with Gasteiger partial charge in [-0.1, -0.05) is 67.6 Å². The van der Waals surface area contributed by atoms with Crippen molar-refractivity contribution in [1.82, 2.24) is 0 Å². The number of aryl methyl sites for hydroxylation is 1. The number of benzene rings is 2. The Morgan fingerprint density at radius 1 is 1.21 bits per heavy atom. The lowest BCUT2D eigenvalue weighted by molar-refractivity contribution is -0.117. The van der Waals surface area contributed by atoms with Gasteiger partial charge in [0.15, 0.2) is 5.78 Å². The van der Waals surface area contributed by atoms with Crippen LogP contribution in [-0.2, 0) is 22.0 Å². The predicted octanol–water partition coefficient (Wildman–Crippen LogP) is 5.54. The lowest BCUT2D eigenvalue weighted by atomic mass is 9.85. The molecule has 2 atom stereocenters. The number of carbonyl (C=O) groups excluding carboxylic acids is 1. The number of ketones is 1. The molecule has 0 radical (unpaired) electrons. The van der Waals surface area contributed by atoms with E-state index in [4.69, 9.17) is 0 Å². The van der Waals surface area contributed by atoms with E-state index in [1.54, 1.807) is 0 Å². The average Bonchev–Trinajstić information content (AvgIpc) is 2.73. The van der Waals surface area contributed by atoms with Gasteiger partial charge in [0.25, 0.3) is 0 Å². The third-order valence-electron chi connectivity index (χ3n) is 5.13. The summed E-state index contributed by atoms with van der Waals surface area (Å²) in [6.07, 6.45) is 10.5. The Balaban J connectivity index is 1.71. The minimum absolute atomic E-state index is 0.141. The summed E-state index contributed by atoms with van der Waals surface area (Å²) in [5.74, 6) is 0.625. The van der Waals surface area contributed by atoms with Crippen LogP contribution in [0, 0.1) is 12.8 Å². The van der Waals surface area contributed by atoms with E-state index >= 15 is 0 Å². The van der Waals surface area contributed by atoms with E-state index in [0.29, 0.717) is 12.2 Å². The van der Waals surface area contributed by atoms with E-state index in [1.807, 2.05) is 74.6 Å². The summed E-state index contributed by atoms with van der Waals surface area (Å²) < 4.78 is 12.0. The molecule has 1 aliphatic rings. The van der Waals surface area contributed by atoms with Gasteiger partial charge in [-0.15, -0.1) is 0 Å². The first-order valence-electron chi connectivity index (χ1n) is 9.64.